The maximum atomic E-state index is 10.6. The summed E-state index contributed by atoms with van der Waals surface area (Å²) in [4.78, 5) is 14.7. The van der Waals surface area contributed by atoms with Gasteiger partial charge in [-0.15, -0.1) is 11.3 Å². The molecular formula is C14H13NO4S. The Balaban J connectivity index is 2.25. The van der Waals surface area contributed by atoms with Crippen LogP contribution < -0.4 is 9.47 Å². The molecule has 0 saturated heterocycles. The maximum absolute atomic E-state index is 10.6. The van der Waals surface area contributed by atoms with Gasteiger partial charge in [0.2, 0.25) is 0 Å². The second-order valence-corrected chi connectivity index (χ2v) is 4.54. The summed E-state index contributed by atoms with van der Waals surface area (Å²) in [6.45, 7) is 0.303. The van der Waals surface area contributed by atoms with Crippen LogP contribution in [0, 0.1) is 0 Å². The van der Waals surface area contributed by atoms with Crippen molar-refractivity contribution in [3.63, 3.8) is 0 Å². The van der Waals surface area contributed by atoms with Gasteiger partial charge in [0, 0.05) is 17.0 Å². The third-order valence-corrected chi connectivity index (χ3v) is 3.12. The van der Waals surface area contributed by atoms with Crippen molar-refractivity contribution in [2.24, 2.45) is 0 Å². The second-order valence-electron chi connectivity index (χ2n) is 3.82. The first kappa shape index (κ1) is 14.1. The molecule has 1 aromatic carbocycles. The third-order valence-electron chi connectivity index (χ3n) is 2.48. The number of aliphatic carboxylic acids is 1. The zero-order valence-corrected chi connectivity index (χ0v) is 11.6. The molecule has 0 unspecified atom stereocenters. The van der Waals surface area contributed by atoms with E-state index in [2.05, 4.69) is 4.98 Å². The first-order chi connectivity index (χ1) is 9.70. The Hall–Kier alpha value is -2.34. The fraction of sp³-hybridized carbons (Fsp3) is 0.143. The Morgan fingerprint density at radius 1 is 1.50 bits per heavy atom. The first-order valence-electron chi connectivity index (χ1n) is 5.78. The van der Waals surface area contributed by atoms with Crippen molar-refractivity contribution in [2.75, 3.05) is 7.11 Å². The molecule has 0 fully saturated rings. The van der Waals surface area contributed by atoms with Gasteiger partial charge in [0.15, 0.2) is 11.5 Å². The van der Waals surface area contributed by atoms with E-state index in [1.807, 2.05) is 5.38 Å². The van der Waals surface area contributed by atoms with Gasteiger partial charge in [0.05, 0.1) is 18.3 Å². The van der Waals surface area contributed by atoms with Crippen LogP contribution in [0.4, 0.5) is 0 Å². The molecule has 0 saturated carbocycles. The average molecular weight is 291 g/mol. The topological polar surface area (TPSA) is 68.7 Å². The molecule has 2 rings (SSSR count). The number of carboxylic acids is 1. The number of carbonyl (C=O) groups is 1. The molecule has 0 aliphatic heterocycles. The van der Waals surface area contributed by atoms with E-state index in [0.717, 1.165) is 11.8 Å². The standard InChI is InChI=1S/C14H13NO4S/c1-18-12-4-2-3-10(5-6-13(16)17)14(12)19-7-11-8-20-9-15-11/h2-6,8-9H,7H2,1H3,(H,16,17)/b6-5+. The van der Waals surface area contributed by atoms with Crippen LogP contribution in [-0.2, 0) is 11.4 Å². The fourth-order valence-corrected chi connectivity index (χ4v) is 2.14. The summed E-state index contributed by atoms with van der Waals surface area (Å²) in [6.07, 6.45) is 2.53. The highest BCUT2D eigenvalue weighted by Crippen LogP contribution is 2.32. The summed E-state index contributed by atoms with van der Waals surface area (Å²) in [5.74, 6) is 0.0338. The van der Waals surface area contributed by atoms with Crippen molar-refractivity contribution in [3.05, 3.63) is 46.4 Å². The van der Waals surface area contributed by atoms with Crippen LogP contribution in [-0.4, -0.2) is 23.2 Å². The first-order valence-corrected chi connectivity index (χ1v) is 6.73. The van der Waals surface area contributed by atoms with Crippen molar-refractivity contribution in [1.82, 2.24) is 4.98 Å². The van der Waals surface area contributed by atoms with E-state index in [0.29, 0.717) is 23.7 Å². The van der Waals surface area contributed by atoms with Gasteiger partial charge in [0.1, 0.15) is 6.61 Å². The van der Waals surface area contributed by atoms with Gasteiger partial charge in [-0.25, -0.2) is 9.78 Å². The lowest BCUT2D eigenvalue weighted by Gasteiger charge is -2.12. The molecule has 0 spiro atoms. The normalized spacial score (nSPS) is 10.7. The van der Waals surface area contributed by atoms with Gasteiger partial charge in [-0.1, -0.05) is 12.1 Å². The van der Waals surface area contributed by atoms with Crippen LogP contribution >= 0.6 is 11.3 Å². The summed E-state index contributed by atoms with van der Waals surface area (Å²) in [6, 6.07) is 5.29. The lowest BCUT2D eigenvalue weighted by molar-refractivity contribution is -0.131. The van der Waals surface area contributed by atoms with Gasteiger partial charge in [-0.3, -0.25) is 0 Å². The molecule has 1 N–H and O–H groups in total. The maximum Gasteiger partial charge on any atom is 0.328 e. The van der Waals surface area contributed by atoms with E-state index < -0.39 is 5.97 Å². The Morgan fingerprint density at radius 3 is 3.00 bits per heavy atom. The van der Waals surface area contributed by atoms with Crippen LogP contribution in [0.15, 0.2) is 35.2 Å². The molecule has 20 heavy (non-hydrogen) atoms. The van der Waals surface area contributed by atoms with E-state index in [9.17, 15) is 4.79 Å². The average Bonchev–Trinajstić information content (AvgIpc) is 2.96. The number of hydrogen-bond donors (Lipinski definition) is 1. The number of hydrogen-bond acceptors (Lipinski definition) is 5. The van der Waals surface area contributed by atoms with Crippen molar-refractivity contribution in [1.29, 1.82) is 0 Å². The number of methoxy groups -OCH3 is 1. The predicted octanol–water partition coefficient (Wildman–Crippen LogP) is 2.83. The second kappa shape index (κ2) is 6.72. The number of aromatic nitrogens is 1. The van der Waals surface area contributed by atoms with E-state index in [1.54, 1.807) is 23.7 Å². The SMILES string of the molecule is COc1cccc(/C=C/C(=O)O)c1OCc1cscn1. The number of carboxylic acid groups (broad SMARTS) is 1. The molecule has 1 aromatic heterocycles. The minimum Gasteiger partial charge on any atom is -0.493 e. The fourth-order valence-electron chi connectivity index (χ4n) is 1.60. The number of benzene rings is 1. The zero-order chi connectivity index (χ0) is 14.4. The van der Waals surface area contributed by atoms with E-state index in [-0.39, 0.29) is 0 Å². The Morgan fingerprint density at radius 2 is 2.35 bits per heavy atom. The predicted molar refractivity (Wildman–Crippen MR) is 76.1 cm³/mol. The van der Waals surface area contributed by atoms with Crippen molar-refractivity contribution >= 4 is 23.4 Å². The molecule has 104 valence electrons. The molecule has 2 aromatic rings. The largest absolute Gasteiger partial charge is 0.493 e. The Kier molecular flexibility index (Phi) is 4.73. The number of thiazole rings is 1. The molecule has 0 radical (unpaired) electrons. The summed E-state index contributed by atoms with van der Waals surface area (Å²) in [5, 5.41) is 10.6. The van der Waals surface area contributed by atoms with E-state index >= 15 is 0 Å². The van der Waals surface area contributed by atoms with Gasteiger partial charge < -0.3 is 14.6 Å². The van der Waals surface area contributed by atoms with Crippen molar-refractivity contribution in [2.45, 2.75) is 6.61 Å². The molecule has 1 heterocycles. The minimum absolute atomic E-state index is 0.303. The highest BCUT2D eigenvalue weighted by molar-refractivity contribution is 7.07. The van der Waals surface area contributed by atoms with Gasteiger partial charge in [-0.2, -0.15) is 0 Å². The number of rotatable bonds is 6. The number of ether oxygens (including phenoxy) is 2. The molecule has 6 heteroatoms. The molecule has 0 amide bonds. The van der Waals surface area contributed by atoms with Gasteiger partial charge in [-0.05, 0) is 12.1 Å². The lowest BCUT2D eigenvalue weighted by Crippen LogP contribution is -2.00. The van der Waals surface area contributed by atoms with Crippen LogP contribution in [0.3, 0.4) is 0 Å². The van der Waals surface area contributed by atoms with Crippen molar-refractivity contribution in [3.8, 4) is 11.5 Å². The minimum atomic E-state index is -1.02. The van der Waals surface area contributed by atoms with E-state index in [1.165, 1.54) is 24.5 Å². The summed E-state index contributed by atoms with van der Waals surface area (Å²) < 4.78 is 10.9. The summed E-state index contributed by atoms with van der Waals surface area (Å²) in [5.41, 5.74) is 3.18. The lowest BCUT2D eigenvalue weighted by atomic mass is 10.1. The number of nitrogens with zero attached hydrogens (tertiary/aromatic N) is 1. The molecule has 0 aliphatic carbocycles. The van der Waals surface area contributed by atoms with Crippen LogP contribution in [0.1, 0.15) is 11.3 Å². The summed E-state index contributed by atoms with van der Waals surface area (Å²) in [7, 11) is 1.54. The molecule has 0 atom stereocenters. The quantitative estimate of drug-likeness (QED) is 0.829. The van der Waals surface area contributed by atoms with Crippen LogP contribution in [0.2, 0.25) is 0 Å². The van der Waals surface area contributed by atoms with Crippen LogP contribution in [0.5, 0.6) is 11.5 Å². The Bertz CT molecular complexity index is 608. The number of para-hydroxylation sites is 1. The van der Waals surface area contributed by atoms with E-state index in [4.69, 9.17) is 14.6 Å². The van der Waals surface area contributed by atoms with Crippen molar-refractivity contribution < 1.29 is 19.4 Å². The molecule has 0 aliphatic rings. The molecule has 5 nitrogen and oxygen atoms in total. The summed E-state index contributed by atoms with van der Waals surface area (Å²) >= 11 is 1.49. The van der Waals surface area contributed by atoms with Crippen LogP contribution in [0.25, 0.3) is 6.08 Å². The smallest absolute Gasteiger partial charge is 0.328 e. The Labute approximate surface area is 120 Å². The molecule has 0 bridgehead atoms. The highest BCUT2D eigenvalue weighted by atomic mass is 32.1. The third kappa shape index (κ3) is 3.58. The highest BCUT2D eigenvalue weighted by Gasteiger charge is 2.09. The van der Waals surface area contributed by atoms with Gasteiger partial charge >= 0.3 is 5.97 Å². The monoisotopic (exact) mass is 291 g/mol. The molecular weight excluding hydrogens is 278 g/mol. The van der Waals surface area contributed by atoms with Gasteiger partial charge in [0.25, 0.3) is 0 Å². The zero-order valence-electron chi connectivity index (χ0n) is 10.8.